The molecule has 0 bridgehead atoms. The third kappa shape index (κ3) is 2.83. The molecule has 1 heterocycles. The van der Waals surface area contributed by atoms with Gasteiger partial charge in [0.15, 0.2) is 0 Å². The first-order valence-corrected chi connectivity index (χ1v) is 4.85. The molecule has 0 aliphatic rings. The summed E-state index contributed by atoms with van der Waals surface area (Å²) >= 11 is 5.71. The van der Waals surface area contributed by atoms with Gasteiger partial charge in [-0.05, 0) is 32.9 Å². The Morgan fingerprint density at radius 2 is 2.13 bits per heavy atom. The molecule has 0 saturated heterocycles. The molecule has 0 aliphatic carbocycles. The lowest BCUT2D eigenvalue weighted by atomic mass is 10.1. The summed E-state index contributed by atoms with van der Waals surface area (Å²) in [6, 6.07) is 3.15. The summed E-state index contributed by atoms with van der Waals surface area (Å²) in [5.41, 5.74) is 0.00580. The van der Waals surface area contributed by atoms with E-state index < -0.39 is 11.6 Å². The fourth-order valence-electron chi connectivity index (χ4n) is 1.32. The van der Waals surface area contributed by atoms with Gasteiger partial charge in [0.05, 0.1) is 5.69 Å². The van der Waals surface area contributed by atoms with Crippen molar-refractivity contribution in [3.8, 4) is 0 Å². The molecular formula is C10H13ClN2O2. The Hall–Kier alpha value is -1.29. The van der Waals surface area contributed by atoms with Crippen LogP contribution in [0.25, 0.3) is 0 Å². The average molecular weight is 229 g/mol. The summed E-state index contributed by atoms with van der Waals surface area (Å²) < 4.78 is 0. The molecule has 0 spiro atoms. The summed E-state index contributed by atoms with van der Waals surface area (Å²) in [5, 5.41) is 9.40. The van der Waals surface area contributed by atoms with Crippen molar-refractivity contribution >= 4 is 23.4 Å². The molecule has 15 heavy (non-hydrogen) atoms. The molecule has 0 unspecified atom stereocenters. The average Bonchev–Trinajstić information content (AvgIpc) is 1.99. The molecule has 1 aromatic rings. The zero-order valence-corrected chi connectivity index (χ0v) is 9.62. The molecule has 82 valence electrons. The van der Waals surface area contributed by atoms with Gasteiger partial charge in [0.25, 0.3) is 0 Å². The lowest BCUT2D eigenvalue weighted by molar-refractivity contribution is 0.195. The van der Waals surface area contributed by atoms with Gasteiger partial charge in [-0.15, -0.1) is 0 Å². The van der Waals surface area contributed by atoms with Crippen LogP contribution in [0.1, 0.15) is 20.8 Å². The molecule has 0 aromatic carbocycles. The van der Waals surface area contributed by atoms with Gasteiger partial charge < -0.3 is 5.11 Å². The van der Waals surface area contributed by atoms with Crippen molar-refractivity contribution in [2.24, 2.45) is 0 Å². The normalized spacial score (nSPS) is 11.2. The van der Waals surface area contributed by atoms with Crippen molar-refractivity contribution in [2.75, 3.05) is 4.90 Å². The van der Waals surface area contributed by atoms with Crippen molar-refractivity contribution in [1.29, 1.82) is 0 Å². The first-order valence-electron chi connectivity index (χ1n) is 4.47. The fraction of sp³-hybridized carbons (Fsp3) is 0.400. The van der Waals surface area contributed by atoms with Crippen molar-refractivity contribution in [1.82, 2.24) is 4.98 Å². The van der Waals surface area contributed by atoms with Gasteiger partial charge in [-0.2, -0.15) is 0 Å². The molecule has 0 saturated carbocycles. The van der Waals surface area contributed by atoms with Crippen molar-refractivity contribution in [3.05, 3.63) is 23.5 Å². The van der Waals surface area contributed by atoms with E-state index in [0.29, 0.717) is 5.69 Å². The predicted molar refractivity (Wildman–Crippen MR) is 59.5 cm³/mol. The maximum atomic E-state index is 11.1. The standard InChI is InChI=1S/C10H13ClN2O2/c1-10(2,3)13(9(14)15)7-4-5-12-8(11)6-7/h4-6H,1-3H3,(H,14,15). The van der Waals surface area contributed by atoms with Crippen LogP contribution in [0.3, 0.4) is 0 Å². The van der Waals surface area contributed by atoms with Crippen molar-refractivity contribution < 1.29 is 9.90 Å². The third-order valence-electron chi connectivity index (χ3n) is 1.83. The van der Waals surface area contributed by atoms with E-state index in [1.165, 1.54) is 17.2 Å². The van der Waals surface area contributed by atoms with E-state index in [9.17, 15) is 4.79 Å². The molecule has 0 aliphatic heterocycles. The number of halogens is 1. The van der Waals surface area contributed by atoms with E-state index in [-0.39, 0.29) is 5.15 Å². The van der Waals surface area contributed by atoms with Gasteiger partial charge in [0.2, 0.25) is 0 Å². The van der Waals surface area contributed by atoms with Crippen molar-refractivity contribution in [3.63, 3.8) is 0 Å². The number of carboxylic acid groups (broad SMARTS) is 1. The number of hydrogen-bond acceptors (Lipinski definition) is 2. The molecule has 1 N–H and O–H groups in total. The zero-order chi connectivity index (χ0) is 11.6. The van der Waals surface area contributed by atoms with E-state index in [1.807, 2.05) is 20.8 Å². The number of amides is 1. The molecular weight excluding hydrogens is 216 g/mol. The Labute approximate surface area is 93.5 Å². The molecule has 1 rings (SSSR count). The highest BCUT2D eigenvalue weighted by atomic mass is 35.5. The van der Waals surface area contributed by atoms with Crippen LogP contribution in [0.5, 0.6) is 0 Å². The SMILES string of the molecule is CC(C)(C)N(C(=O)O)c1ccnc(Cl)c1. The minimum Gasteiger partial charge on any atom is -0.465 e. The Kier molecular flexibility index (Phi) is 3.19. The van der Waals surface area contributed by atoms with Crippen LogP contribution < -0.4 is 4.90 Å². The molecule has 0 atom stereocenters. The second-order valence-corrected chi connectivity index (χ2v) is 4.51. The number of pyridine rings is 1. The molecule has 5 heteroatoms. The Balaban J connectivity index is 3.16. The fourth-order valence-corrected chi connectivity index (χ4v) is 1.48. The van der Waals surface area contributed by atoms with Crippen LogP contribution in [0.2, 0.25) is 5.15 Å². The lowest BCUT2D eigenvalue weighted by Crippen LogP contribution is -2.45. The van der Waals surface area contributed by atoms with Gasteiger partial charge in [0.1, 0.15) is 5.15 Å². The minimum absolute atomic E-state index is 0.281. The second-order valence-electron chi connectivity index (χ2n) is 4.13. The Bertz CT molecular complexity index is 374. The van der Waals surface area contributed by atoms with Crippen LogP contribution in [-0.4, -0.2) is 21.7 Å². The smallest absolute Gasteiger partial charge is 0.412 e. The first kappa shape index (κ1) is 11.8. The largest absolute Gasteiger partial charge is 0.465 e. The zero-order valence-electron chi connectivity index (χ0n) is 8.86. The predicted octanol–water partition coefficient (Wildman–Crippen LogP) is 3.02. The van der Waals surface area contributed by atoms with E-state index >= 15 is 0 Å². The summed E-state index contributed by atoms with van der Waals surface area (Å²) in [5.74, 6) is 0. The van der Waals surface area contributed by atoms with E-state index in [1.54, 1.807) is 6.07 Å². The van der Waals surface area contributed by atoms with Crippen LogP contribution in [0.15, 0.2) is 18.3 Å². The Morgan fingerprint density at radius 3 is 2.53 bits per heavy atom. The number of rotatable bonds is 1. The van der Waals surface area contributed by atoms with E-state index in [4.69, 9.17) is 16.7 Å². The maximum Gasteiger partial charge on any atom is 0.412 e. The van der Waals surface area contributed by atoms with Crippen LogP contribution in [0.4, 0.5) is 10.5 Å². The van der Waals surface area contributed by atoms with Crippen LogP contribution in [0, 0.1) is 0 Å². The summed E-state index contributed by atoms with van der Waals surface area (Å²) in [6.07, 6.45) is 0.476. The van der Waals surface area contributed by atoms with E-state index in [0.717, 1.165) is 0 Å². The quantitative estimate of drug-likeness (QED) is 0.752. The molecule has 4 nitrogen and oxygen atoms in total. The second kappa shape index (κ2) is 4.06. The third-order valence-corrected chi connectivity index (χ3v) is 2.04. The highest BCUT2D eigenvalue weighted by Crippen LogP contribution is 2.25. The summed E-state index contributed by atoms with van der Waals surface area (Å²) in [7, 11) is 0. The highest BCUT2D eigenvalue weighted by molar-refractivity contribution is 6.29. The monoisotopic (exact) mass is 228 g/mol. The molecule has 1 amide bonds. The van der Waals surface area contributed by atoms with E-state index in [2.05, 4.69) is 4.98 Å². The number of aromatic nitrogens is 1. The summed E-state index contributed by atoms with van der Waals surface area (Å²) in [4.78, 5) is 16.2. The lowest BCUT2D eigenvalue weighted by Gasteiger charge is -2.33. The van der Waals surface area contributed by atoms with Crippen LogP contribution in [-0.2, 0) is 0 Å². The highest BCUT2D eigenvalue weighted by Gasteiger charge is 2.27. The first-order chi connectivity index (χ1) is 6.82. The Morgan fingerprint density at radius 1 is 1.53 bits per heavy atom. The number of hydrogen-bond donors (Lipinski definition) is 1. The van der Waals surface area contributed by atoms with Gasteiger partial charge >= 0.3 is 6.09 Å². The van der Waals surface area contributed by atoms with Crippen LogP contribution >= 0.6 is 11.6 Å². The van der Waals surface area contributed by atoms with Gasteiger partial charge in [0, 0.05) is 11.7 Å². The number of carbonyl (C=O) groups is 1. The van der Waals surface area contributed by atoms with Gasteiger partial charge in [-0.25, -0.2) is 9.78 Å². The molecule has 1 aromatic heterocycles. The molecule has 0 fully saturated rings. The topological polar surface area (TPSA) is 53.4 Å². The minimum atomic E-state index is -1.01. The maximum absolute atomic E-state index is 11.1. The number of nitrogens with zero attached hydrogens (tertiary/aromatic N) is 2. The van der Waals surface area contributed by atoms with Crippen molar-refractivity contribution in [2.45, 2.75) is 26.3 Å². The van der Waals surface area contributed by atoms with Gasteiger partial charge in [-0.1, -0.05) is 11.6 Å². The van der Waals surface area contributed by atoms with Gasteiger partial charge in [-0.3, -0.25) is 4.90 Å². The number of anilines is 1. The summed E-state index contributed by atoms with van der Waals surface area (Å²) in [6.45, 7) is 5.44. The molecule has 0 radical (unpaired) electrons.